The topological polar surface area (TPSA) is 29.3 Å². The van der Waals surface area contributed by atoms with E-state index in [4.69, 9.17) is 4.52 Å². The van der Waals surface area contributed by atoms with Gasteiger partial charge in [0.15, 0.2) is 5.76 Å². The molecule has 0 saturated carbocycles. The van der Waals surface area contributed by atoms with Crippen LogP contribution in [0.15, 0.2) is 39.9 Å². The molecule has 2 aromatic rings. The Kier molecular flexibility index (Phi) is 4.10. The second kappa shape index (κ2) is 5.78. The number of benzene rings is 1. The second-order valence-corrected chi connectivity index (χ2v) is 4.92. The van der Waals surface area contributed by atoms with E-state index >= 15 is 0 Å². The monoisotopic (exact) mass is 260 g/mol. The molecular formula is C14H16N2OS. The van der Waals surface area contributed by atoms with Crippen LogP contribution in [0.25, 0.3) is 12.2 Å². The molecule has 0 aliphatic heterocycles. The molecule has 1 aromatic heterocycles. The van der Waals surface area contributed by atoms with E-state index in [1.165, 1.54) is 5.69 Å². The van der Waals surface area contributed by atoms with Crippen molar-refractivity contribution in [2.24, 2.45) is 0 Å². The number of nitrogens with zero attached hydrogens (tertiary/aromatic N) is 2. The lowest BCUT2D eigenvalue weighted by molar-refractivity contribution is 0.398. The first kappa shape index (κ1) is 12.8. The lowest BCUT2D eigenvalue weighted by atomic mass is 10.2. The van der Waals surface area contributed by atoms with E-state index < -0.39 is 0 Å². The molecule has 0 aliphatic rings. The van der Waals surface area contributed by atoms with Crippen molar-refractivity contribution < 1.29 is 4.52 Å². The van der Waals surface area contributed by atoms with Gasteiger partial charge in [-0.15, -0.1) is 11.8 Å². The summed E-state index contributed by atoms with van der Waals surface area (Å²) in [6.07, 6.45) is 5.92. The minimum absolute atomic E-state index is 0.774. The first-order chi connectivity index (χ1) is 8.69. The summed E-state index contributed by atoms with van der Waals surface area (Å²) in [5.41, 5.74) is 2.33. The third kappa shape index (κ3) is 3.17. The number of hydrogen-bond donors (Lipinski definition) is 0. The van der Waals surface area contributed by atoms with Crippen LogP contribution in [-0.2, 0) is 0 Å². The molecule has 0 bridgehead atoms. The molecule has 0 atom stereocenters. The zero-order chi connectivity index (χ0) is 13.0. The van der Waals surface area contributed by atoms with Gasteiger partial charge in [0.1, 0.15) is 5.03 Å². The van der Waals surface area contributed by atoms with Crippen LogP contribution in [0.1, 0.15) is 11.3 Å². The molecule has 1 heterocycles. The molecule has 0 saturated heterocycles. The average molecular weight is 260 g/mol. The Labute approximate surface area is 111 Å². The Bertz CT molecular complexity index is 529. The first-order valence-electron chi connectivity index (χ1n) is 5.65. The minimum Gasteiger partial charge on any atom is -0.378 e. The van der Waals surface area contributed by atoms with E-state index in [-0.39, 0.29) is 0 Å². The fraction of sp³-hybridized carbons (Fsp3) is 0.214. The van der Waals surface area contributed by atoms with Crippen LogP contribution in [-0.4, -0.2) is 25.5 Å². The highest BCUT2D eigenvalue weighted by Gasteiger charge is 1.99. The molecule has 94 valence electrons. The molecule has 0 radical (unpaired) electrons. The van der Waals surface area contributed by atoms with Crippen molar-refractivity contribution in [1.82, 2.24) is 5.16 Å². The van der Waals surface area contributed by atoms with Crippen molar-refractivity contribution in [3.63, 3.8) is 0 Å². The summed E-state index contributed by atoms with van der Waals surface area (Å²) >= 11 is 1.57. The summed E-state index contributed by atoms with van der Waals surface area (Å²) in [6.45, 7) is 0. The third-order valence-corrected chi connectivity index (χ3v) is 3.18. The van der Waals surface area contributed by atoms with E-state index in [0.717, 1.165) is 16.3 Å². The van der Waals surface area contributed by atoms with Crippen molar-refractivity contribution in [1.29, 1.82) is 0 Å². The Morgan fingerprint density at radius 3 is 2.44 bits per heavy atom. The molecule has 0 amide bonds. The Morgan fingerprint density at radius 1 is 1.17 bits per heavy atom. The summed E-state index contributed by atoms with van der Waals surface area (Å²) in [4.78, 5) is 2.08. The van der Waals surface area contributed by atoms with Crippen LogP contribution in [0.4, 0.5) is 5.69 Å². The highest BCUT2D eigenvalue weighted by Crippen LogP contribution is 2.17. The predicted octanol–water partition coefficient (Wildman–Crippen LogP) is 3.63. The van der Waals surface area contributed by atoms with Crippen LogP contribution in [0.5, 0.6) is 0 Å². The summed E-state index contributed by atoms with van der Waals surface area (Å²) in [5, 5.41) is 4.81. The molecule has 18 heavy (non-hydrogen) atoms. The molecule has 3 nitrogen and oxygen atoms in total. The standard InChI is InChI=1S/C14H16N2OS/c1-16(2)12-7-4-11(5-8-12)6-9-13-10-14(18-3)15-17-13/h4-10H,1-3H3/b9-6+. The van der Waals surface area contributed by atoms with Crippen LogP contribution in [0, 0.1) is 0 Å². The first-order valence-corrected chi connectivity index (χ1v) is 6.87. The molecule has 2 rings (SSSR count). The van der Waals surface area contributed by atoms with Gasteiger partial charge in [0.05, 0.1) is 0 Å². The second-order valence-electron chi connectivity index (χ2n) is 4.09. The quantitative estimate of drug-likeness (QED) is 0.785. The number of thioether (sulfide) groups is 1. The van der Waals surface area contributed by atoms with Crippen molar-refractivity contribution in [3.05, 3.63) is 41.7 Å². The molecule has 0 N–H and O–H groups in total. The van der Waals surface area contributed by atoms with Gasteiger partial charge in [-0.3, -0.25) is 0 Å². The Morgan fingerprint density at radius 2 is 1.89 bits per heavy atom. The van der Waals surface area contributed by atoms with Crippen LogP contribution >= 0.6 is 11.8 Å². The highest BCUT2D eigenvalue weighted by molar-refractivity contribution is 7.98. The zero-order valence-corrected chi connectivity index (χ0v) is 11.6. The van der Waals surface area contributed by atoms with Gasteiger partial charge in [0, 0.05) is 25.8 Å². The van der Waals surface area contributed by atoms with Crippen molar-refractivity contribution >= 4 is 29.6 Å². The number of hydrogen-bond acceptors (Lipinski definition) is 4. The molecule has 4 heteroatoms. The number of aromatic nitrogens is 1. The predicted molar refractivity (Wildman–Crippen MR) is 78.0 cm³/mol. The average Bonchev–Trinajstić information content (AvgIpc) is 2.85. The SMILES string of the molecule is CSc1cc(/C=C/c2ccc(N(C)C)cc2)on1. The van der Waals surface area contributed by atoms with E-state index in [9.17, 15) is 0 Å². The van der Waals surface area contributed by atoms with Crippen molar-refractivity contribution in [2.45, 2.75) is 5.03 Å². The van der Waals surface area contributed by atoms with Gasteiger partial charge in [-0.1, -0.05) is 23.4 Å². The van der Waals surface area contributed by atoms with Crippen molar-refractivity contribution in [2.75, 3.05) is 25.3 Å². The fourth-order valence-corrected chi connectivity index (χ4v) is 1.85. The van der Waals surface area contributed by atoms with E-state index in [1.54, 1.807) is 11.8 Å². The smallest absolute Gasteiger partial charge is 0.160 e. The van der Waals surface area contributed by atoms with Gasteiger partial charge in [-0.25, -0.2) is 0 Å². The number of anilines is 1. The number of rotatable bonds is 4. The van der Waals surface area contributed by atoms with Crippen LogP contribution in [0.3, 0.4) is 0 Å². The summed E-state index contributed by atoms with van der Waals surface area (Å²) < 4.78 is 5.17. The third-order valence-electron chi connectivity index (χ3n) is 2.57. The van der Waals surface area contributed by atoms with Gasteiger partial charge in [0.25, 0.3) is 0 Å². The maximum Gasteiger partial charge on any atom is 0.160 e. The maximum absolute atomic E-state index is 5.17. The van der Waals surface area contributed by atoms with Gasteiger partial charge in [0.2, 0.25) is 0 Å². The Balaban J connectivity index is 2.08. The maximum atomic E-state index is 5.17. The van der Waals surface area contributed by atoms with Gasteiger partial charge < -0.3 is 9.42 Å². The van der Waals surface area contributed by atoms with E-state index in [1.807, 2.05) is 38.6 Å². The summed E-state index contributed by atoms with van der Waals surface area (Å²) in [7, 11) is 4.06. The molecule has 0 unspecified atom stereocenters. The molecule has 1 aromatic carbocycles. The van der Waals surface area contributed by atoms with Gasteiger partial charge in [-0.2, -0.15) is 0 Å². The molecular weight excluding hydrogens is 244 g/mol. The Hall–Kier alpha value is -1.68. The zero-order valence-electron chi connectivity index (χ0n) is 10.8. The normalized spacial score (nSPS) is 11.1. The lowest BCUT2D eigenvalue weighted by Crippen LogP contribution is -2.07. The summed E-state index contributed by atoms with van der Waals surface area (Å²) in [5.74, 6) is 0.774. The van der Waals surface area contributed by atoms with E-state index in [0.29, 0.717) is 0 Å². The van der Waals surface area contributed by atoms with Gasteiger partial charge in [-0.05, 0) is 30.0 Å². The van der Waals surface area contributed by atoms with Gasteiger partial charge >= 0.3 is 0 Å². The largest absolute Gasteiger partial charge is 0.378 e. The fourth-order valence-electron chi connectivity index (χ4n) is 1.51. The van der Waals surface area contributed by atoms with Crippen molar-refractivity contribution in [3.8, 4) is 0 Å². The minimum atomic E-state index is 0.774. The van der Waals surface area contributed by atoms with Crippen LogP contribution in [0.2, 0.25) is 0 Å². The molecule has 0 fully saturated rings. The van der Waals surface area contributed by atoms with E-state index in [2.05, 4.69) is 34.3 Å². The van der Waals surface area contributed by atoms with Crippen LogP contribution < -0.4 is 4.90 Å². The molecule has 0 spiro atoms. The molecule has 0 aliphatic carbocycles. The lowest BCUT2D eigenvalue weighted by Gasteiger charge is -2.11. The highest BCUT2D eigenvalue weighted by atomic mass is 32.2. The summed E-state index contributed by atoms with van der Waals surface area (Å²) in [6, 6.07) is 10.3.